The van der Waals surface area contributed by atoms with Gasteiger partial charge in [0.05, 0.1) is 0 Å². The lowest BCUT2D eigenvalue weighted by atomic mass is 10.3. The van der Waals surface area contributed by atoms with Crippen molar-refractivity contribution in [1.82, 2.24) is 0 Å². The van der Waals surface area contributed by atoms with Gasteiger partial charge in [0.25, 0.3) is 0 Å². The van der Waals surface area contributed by atoms with Gasteiger partial charge in [-0.05, 0) is 32.5 Å². The van der Waals surface area contributed by atoms with Crippen LogP contribution in [0.4, 0.5) is 5.69 Å². The van der Waals surface area contributed by atoms with E-state index in [0.29, 0.717) is 0 Å². The van der Waals surface area contributed by atoms with Crippen molar-refractivity contribution >= 4 is 13.8 Å². The zero-order chi connectivity index (χ0) is 8.81. The highest BCUT2D eigenvalue weighted by Crippen LogP contribution is 2.34. The van der Waals surface area contributed by atoms with Crippen LogP contribution in [0.1, 0.15) is 13.8 Å². The van der Waals surface area contributed by atoms with Crippen LogP contribution in [0.5, 0.6) is 0 Å². The maximum Gasteiger partial charge on any atom is 0.0372 e. The Bertz CT molecular complexity index is 206. The van der Waals surface area contributed by atoms with Crippen molar-refractivity contribution in [2.45, 2.75) is 13.8 Å². The lowest BCUT2D eigenvalue weighted by Crippen LogP contribution is -1.95. The van der Waals surface area contributed by atoms with E-state index >= 15 is 0 Å². The van der Waals surface area contributed by atoms with Gasteiger partial charge in [-0.2, -0.15) is 0 Å². The lowest BCUT2D eigenvalue weighted by molar-refractivity contribution is 1.40. The molecule has 2 heteroatoms. The summed E-state index contributed by atoms with van der Waals surface area (Å²) in [5, 5.41) is 3.54. The van der Waals surface area contributed by atoms with Crippen LogP contribution in [-0.4, -0.2) is 12.3 Å². The quantitative estimate of drug-likeness (QED) is 0.700. The highest BCUT2D eigenvalue weighted by Gasteiger charge is 2.00. The number of anilines is 1. The van der Waals surface area contributed by atoms with Gasteiger partial charge in [-0.15, -0.1) is 0 Å². The smallest absolute Gasteiger partial charge is 0.0372 e. The molecule has 0 amide bonds. The molecule has 1 N–H and O–H groups in total. The van der Waals surface area contributed by atoms with Gasteiger partial charge in [0.15, 0.2) is 0 Å². The van der Waals surface area contributed by atoms with Gasteiger partial charge in [0.2, 0.25) is 0 Å². The Balaban J connectivity index is 2.51. The van der Waals surface area contributed by atoms with Gasteiger partial charge >= 0.3 is 0 Å². The monoisotopic (exact) mass is 181 g/mol. The SMILES string of the molecule is CCP(CC)Nc1ccccc1. The van der Waals surface area contributed by atoms with Gasteiger partial charge in [0, 0.05) is 5.69 Å². The molecule has 0 radical (unpaired) electrons. The highest BCUT2D eigenvalue weighted by molar-refractivity contribution is 7.59. The molecule has 1 aromatic carbocycles. The van der Waals surface area contributed by atoms with Gasteiger partial charge in [-0.3, -0.25) is 0 Å². The molecule has 0 saturated carbocycles. The molecule has 0 fully saturated rings. The van der Waals surface area contributed by atoms with Gasteiger partial charge < -0.3 is 5.09 Å². The van der Waals surface area contributed by atoms with Gasteiger partial charge in [0.1, 0.15) is 0 Å². The van der Waals surface area contributed by atoms with E-state index in [9.17, 15) is 0 Å². The minimum atomic E-state index is 0.0175. The Morgan fingerprint density at radius 3 is 2.17 bits per heavy atom. The van der Waals surface area contributed by atoms with Crippen LogP contribution >= 0.6 is 8.07 Å². The van der Waals surface area contributed by atoms with Crippen molar-refractivity contribution in [3.63, 3.8) is 0 Å². The molecule has 1 rings (SSSR count). The summed E-state index contributed by atoms with van der Waals surface area (Å²) in [6, 6.07) is 10.4. The van der Waals surface area contributed by atoms with Crippen LogP contribution in [0.3, 0.4) is 0 Å². The number of benzene rings is 1. The second-order valence-electron chi connectivity index (χ2n) is 2.65. The molecule has 0 heterocycles. The topological polar surface area (TPSA) is 12.0 Å². The zero-order valence-electron chi connectivity index (χ0n) is 7.75. The fourth-order valence-electron chi connectivity index (χ4n) is 1.08. The minimum Gasteiger partial charge on any atom is -0.364 e. The van der Waals surface area contributed by atoms with Crippen molar-refractivity contribution < 1.29 is 0 Å². The first-order valence-corrected chi connectivity index (χ1v) is 6.14. The maximum absolute atomic E-state index is 3.54. The first-order valence-electron chi connectivity index (χ1n) is 4.43. The first-order chi connectivity index (χ1) is 5.86. The van der Waals surface area contributed by atoms with Crippen LogP contribution in [-0.2, 0) is 0 Å². The highest BCUT2D eigenvalue weighted by atomic mass is 31.1. The molecule has 66 valence electrons. The molecule has 1 aromatic rings. The summed E-state index contributed by atoms with van der Waals surface area (Å²) in [6.45, 7) is 4.48. The van der Waals surface area contributed by atoms with E-state index in [0.717, 1.165) is 0 Å². The van der Waals surface area contributed by atoms with Crippen molar-refractivity contribution in [3.8, 4) is 0 Å². The molecular formula is C10H16NP. The Kier molecular flexibility index (Phi) is 4.10. The molecule has 0 aliphatic heterocycles. The maximum atomic E-state index is 3.54. The van der Waals surface area contributed by atoms with E-state index in [1.54, 1.807) is 0 Å². The molecule has 0 spiro atoms. The molecule has 0 aromatic heterocycles. The molecule has 0 aliphatic carbocycles. The van der Waals surface area contributed by atoms with Crippen molar-refractivity contribution in [1.29, 1.82) is 0 Å². The van der Waals surface area contributed by atoms with Gasteiger partial charge in [-0.25, -0.2) is 0 Å². The fourth-order valence-corrected chi connectivity index (χ4v) is 2.35. The van der Waals surface area contributed by atoms with E-state index in [-0.39, 0.29) is 8.07 Å². The second kappa shape index (κ2) is 5.16. The first kappa shape index (κ1) is 9.54. The minimum absolute atomic E-state index is 0.0175. The second-order valence-corrected chi connectivity index (χ2v) is 5.22. The van der Waals surface area contributed by atoms with Crippen LogP contribution in [0.2, 0.25) is 0 Å². The molecule has 1 nitrogen and oxygen atoms in total. The molecule has 0 aliphatic rings. The lowest BCUT2D eigenvalue weighted by Gasteiger charge is -2.15. The van der Waals surface area contributed by atoms with Crippen molar-refractivity contribution in [2.75, 3.05) is 17.4 Å². The Morgan fingerprint density at radius 1 is 1.08 bits per heavy atom. The zero-order valence-corrected chi connectivity index (χ0v) is 8.64. The summed E-state index contributed by atoms with van der Waals surface area (Å²) in [4.78, 5) is 0. The number of hydrogen-bond acceptors (Lipinski definition) is 1. The fraction of sp³-hybridized carbons (Fsp3) is 0.400. The normalized spacial score (nSPS) is 10.2. The molecule has 0 unspecified atom stereocenters. The average molecular weight is 181 g/mol. The molecule has 12 heavy (non-hydrogen) atoms. The summed E-state index contributed by atoms with van der Waals surface area (Å²) in [6.07, 6.45) is 2.50. The van der Waals surface area contributed by atoms with Gasteiger partial charge in [-0.1, -0.05) is 32.0 Å². The predicted octanol–water partition coefficient (Wildman–Crippen LogP) is 3.54. The Labute approximate surface area is 76.0 Å². The van der Waals surface area contributed by atoms with Crippen molar-refractivity contribution in [3.05, 3.63) is 30.3 Å². The summed E-state index contributed by atoms with van der Waals surface area (Å²) >= 11 is 0. The average Bonchev–Trinajstić information content (AvgIpc) is 2.16. The summed E-state index contributed by atoms with van der Waals surface area (Å²) in [5.41, 5.74) is 1.26. The molecule has 0 bridgehead atoms. The van der Waals surface area contributed by atoms with E-state index in [1.165, 1.54) is 18.0 Å². The summed E-state index contributed by atoms with van der Waals surface area (Å²) < 4.78 is 0. The van der Waals surface area contributed by atoms with Crippen LogP contribution in [0.25, 0.3) is 0 Å². The number of rotatable bonds is 4. The van der Waals surface area contributed by atoms with Crippen LogP contribution in [0, 0.1) is 0 Å². The standard InChI is InChI=1S/C10H16NP/c1-3-12(4-2)11-10-8-6-5-7-9-10/h5-9,11H,3-4H2,1-2H3. The Morgan fingerprint density at radius 2 is 1.67 bits per heavy atom. The molecular weight excluding hydrogens is 165 g/mol. The molecule has 0 atom stereocenters. The van der Waals surface area contributed by atoms with Crippen molar-refractivity contribution in [2.24, 2.45) is 0 Å². The number of para-hydroxylation sites is 1. The Hall–Kier alpha value is -0.550. The predicted molar refractivity (Wildman–Crippen MR) is 58.1 cm³/mol. The number of hydrogen-bond donors (Lipinski definition) is 1. The third kappa shape index (κ3) is 2.83. The third-order valence-corrected chi connectivity index (χ3v) is 3.93. The van der Waals surface area contributed by atoms with E-state index in [1.807, 2.05) is 6.07 Å². The summed E-state index contributed by atoms with van der Waals surface area (Å²) in [7, 11) is 0.0175. The van der Waals surface area contributed by atoms with Crippen LogP contribution < -0.4 is 5.09 Å². The largest absolute Gasteiger partial charge is 0.364 e. The van der Waals surface area contributed by atoms with E-state index in [4.69, 9.17) is 0 Å². The third-order valence-electron chi connectivity index (χ3n) is 1.82. The molecule has 0 saturated heterocycles. The summed E-state index contributed by atoms with van der Waals surface area (Å²) in [5.74, 6) is 0. The van der Waals surface area contributed by atoms with E-state index in [2.05, 4.69) is 43.2 Å². The van der Waals surface area contributed by atoms with E-state index < -0.39 is 0 Å². The van der Waals surface area contributed by atoms with Crippen LogP contribution in [0.15, 0.2) is 30.3 Å². The number of nitrogens with one attached hydrogen (secondary N) is 1.